The Morgan fingerprint density at radius 3 is 2.68 bits per heavy atom. The van der Waals surface area contributed by atoms with E-state index in [9.17, 15) is 9.90 Å². The third-order valence-electron chi connectivity index (χ3n) is 3.35. The molecule has 2 amide bonds. The Labute approximate surface area is 135 Å². The average molecular weight is 318 g/mol. The Hall–Kier alpha value is -1.85. The fourth-order valence-corrected chi connectivity index (χ4v) is 3.06. The van der Waals surface area contributed by atoms with Crippen molar-refractivity contribution < 1.29 is 9.90 Å². The van der Waals surface area contributed by atoms with Crippen molar-refractivity contribution in [1.82, 2.24) is 10.6 Å². The van der Waals surface area contributed by atoms with Crippen molar-refractivity contribution in [1.29, 1.82) is 0 Å². The van der Waals surface area contributed by atoms with Crippen LogP contribution in [0, 0.1) is 0 Å². The Morgan fingerprint density at radius 1 is 1.23 bits per heavy atom. The van der Waals surface area contributed by atoms with E-state index in [2.05, 4.69) is 16.7 Å². The molecule has 118 valence electrons. The minimum absolute atomic E-state index is 0.0812. The summed E-state index contributed by atoms with van der Waals surface area (Å²) >= 11 is 1.69. The van der Waals surface area contributed by atoms with Gasteiger partial charge in [-0.1, -0.05) is 36.4 Å². The maximum Gasteiger partial charge on any atom is 0.315 e. The number of benzene rings is 1. The Kier molecular flexibility index (Phi) is 6.43. The molecule has 1 aromatic carbocycles. The van der Waals surface area contributed by atoms with Crippen LogP contribution >= 0.6 is 11.3 Å². The van der Waals surface area contributed by atoms with E-state index in [1.54, 1.807) is 11.3 Å². The molecule has 0 aliphatic heterocycles. The van der Waals surface area contributed by atoms with Crippen LogP contribution in [0.5, 0.6) is 0 Å². The second-order valence-electron chi connectivity index (χ2n) is 5.30. The first-order chi connectivity index (χ1) is 10.6. The SMILES string of the molecule is CC(Cc1cccs1)NC(=O)NCCC(O)c1ccccc1. The molecule has 0 fully saturated rings. The van der Waals surface area contributed by atoms with Gasteiger partial charge in [0.2, 0.25) is 0 Å². The van der Waals surface area contributed by atoms with Gasteiger partial charge in [0.25, 0.3) is 0 Å². The van der Waals surface area contributed by atoms with Crippen LogP contribution in [-0.2, 0) is 6.42 Å². The van der Waals surface area contributed by atoms with E-state index in [4.69, 9.17) is 0 Å². The van der Waals surface area contributed by atoms with Crippen molar-refractivity contribution in [3.63, 3.8) is 0 Å². The zero-order valence-electron chi connectivity index (χ0n) is 12.7. The third-order valence-corrected chi connectivity index (χ3v) is 4.25. The highest BCUT2D eigenvalue weighted by Crippen LogP contribution is 2.14. The summed E-state index contributed by atoms with van der Waals surface area (Å²) in [6, 6.07) is 13.4. The van der Waals surface area contributed by atoms with Crippen LogP contribution in [0.15, 0.2) is 47.8 Å². The number of urea groups is 1. The Balaban J connectivity index is 1.65. The molecule has 3 N–H and O–H groups in total. The maximum atomic E-state index is 11.8. The van der Waals surface area contributed by atoms with Gasteiger partial charge in [-0.3, -0.25) is 0 Å². The Bertz CT molecular complexity index is 557. The lowest BCUT2D eigenvalue weighted by atomic mass is 10.1. The van der Waals surface area contributed by atoms with Gasteiger partial charge in [0.1, 0.15) is 0 Å². The van der Waals surface area contributed by atoms with Gasteiger partial charge in [0.15, 0.2) is 0 Å². The molecule has 22 heavy (non-hydrogen) atoms. The van der Waals surface area contributed by atoms with Gasteiger partial charge >= 0.3 is 6.03 Å². The minimum Gasteiger partial charge on any atom is -0.388 e. The molecular weight excluding hydrogens is 296 g/mol. The molecular formula is C17H22N2O2S. The highest BCUT2D eigenvalue weighted by atomic mass is 32.1. The number of thiophene rings is 1. The van der Waals surface area contributed by atoms with E-state index in [1.807, 2.05) is 48.7 Å². The molecule has 0 bridgehead atoms. The van der Waals surface area contributed by atoms with Crippen LogP contribution < -0.4 is 10.6 Å². The van der Waals surface area contributed by atoms with E-state index in [1.165, 1.54) is 4.88 Å². The molecule has 1 heterocycles. The second kappa shape index (κ2) is 8.56. The summed E-state index contributed by atoms with van der Waals surface area (Å²) in [5.41, 5.74) is 0.871. The molecule has 5 heteroatoms. The molecule has 0 aliphatic rings. The van der Waals surface area contributed by atoms with Gasteiger partial charge in [-0.15, -0.1) is 11.3 Å². The fraction of sp³-hybridized carbons (Fsp3) is 0.353. The average Bonchev–Trinajstić information content (AvgIpc) is 3.00. The van der Waals surface area contributed by atoms with Crippen molar-refractivity contribution in [3.05, 3.63) is 58.3 Å². The lowest BCUT2D eigenvalue weighted by Crippen LogP contribution is -2.42. The van der Waals surface area contributed by atoms with Crippen molar-refractivity contribution in [3.8, 4) is 0 Å². The zero-order valence-corrected chi connectivity index (χ0v) is 13.5. The van der Waals surface area contributed by atoms with E-state index < -0.39 is 6.10 Å². The number of aliphatic hydroxyl groups is 1. The number of nitrogens with one attached hydrogen (secondary N) is 2. The summed E-state index contributed by atoms with van der Waals surface area (Å²) < 4.78 is 0. The first-order valence-corrected chi connectivity index (χ1v) is 8.33. The number of amides is 2. The number of rotatable bonds is 7. The molecule has 0 saturated carbocycles. The van der Waals surface area contributed by atoms with Crippen LogP contribution in [0.2, 0.25) is 0 Å². The molecule has 2 rings (SSSR count). The van der Waals surface area contributed by atoms with Crippen molar-refractivity contribution in [2.24, 2.45) is 0 Å². The summed E-state index contributed by atoms with van der Waals surface area (Å²) in [5.74, 6) is 0. The fourth-order valence-electron chi connectivity index (χ4n) is 2.22. The lowest BCUT2D eigenvalue weighted by Gasteiger charge is -2.15. The van der Waals surface area contributed by atoms with Crippen LogP contribution in [0.25, 0.3) is 0 Å². The molecule has 0 aliphatic carbocycles. The number of carbonyl (C=O) groups excluding carboxylic acids is 1. The van der Waals surface area contributed by atoms with Crippen molar-refractivity contribution >= 4 is 17.4 Å². The van der Waals surface area contributed by atoms with Crippen molar-refractivity contribution in [2.75, 3.05) is 6.54 Å². The van der Waals surface area contributed by atoms with Gasteiger partial charge in [-0.2, -0.15) is 0 Å². The van der Waals surface area contributed by atoms with Crippen molar-refractivity contribution in [2.45, 2.75) is 31.9 Å². The van der Waals surface area contributed by atoms with Crippen LogP contribution in [0.3, 0.4) is 0 Å². The number of hydrogen-bond donors (Lipinski definition) is 3. The quantitative estimate of drug-likeness (QED) is 0.734. The summed E-state index contributed by atoms with van der Waals surface area (Å²) in [6.45, 7) is 2.42. The second-order valence-corrected chi connectivity index (χ2v) is 6.33. The molecule has 4 nitrogen and oxygen atoms in total. The molecule has 2 aromatic rings. The molecule has 2 atom stereocenters. The first kappa shape index (κ1) is 16.5. The van der Waals surface area contributed by atoms with Gasteiger partial charge in [-0.05, 0) is 30.4 Å². The zero-order chi connectivity index (χ0) is 15.8. The monoisotopic (exact) mass is 318 g/mol. The highest BCUT2D eigenvalue weighted by molar-refractivity contribution is 7.09. The van der Waals surface area contributed by atoms with E-state index in [0.717, 1.165) is 12.0 Å². The smallest absolute Gasteiger partial charge is 0.315 e. The van der Waals surface area contributed by atoms with Gasteiger partial charge in [0.05, 0.1) is 6.10 Å². The number of hydrogen-bond acceptors (Lipinski definition) is 3. The number of carbonyl (C=O) groups is 1. The van der Waals surface area contributed by atoms with Gasteiger partial charge in [-0.25, -0.2) is 4.79 Å². The largest absolute Gasteiger partial charge is 0.388 e. The maximum absolute atomic E-state index is 11.8. The number of aliphatic hydroxyl groups excluding tert-OH is 1. The summed E-state index contributed by atoms with van der Waals surface area (Å²) in [5, 5.41) is 17.7. The summed E-state index contributed by atoms with van der Waals surface area (Å²) in [4.78, 5) is 13.1. The van der Waals surface area contributed by atoms with Crippen LogP contribution in [0.4, 0.5) is 4.79 Å². The van der Waals surface area contributed by atoms with E-state index >= 15 is 0 Å². The minimum atomic E-state index is -0.551. The molecule has 0 saturated heterocycles. The first-order valence-electron chi connectivity index (χ1n) is 7.45. The van der Waals surface area contributed by atoms with E-state index in [-0.39, 0.29) is 12.1 Å². The predicted octanol–water partition coefficient (Wildman–Crippen LogP) is 3.10. The summed E-state index contributed by atoms with van der Waals surface area (Å²) in [7, 11) is 0. The molecule has 1 aromatic heterocycles. The lowest BCUT2D eigenvalue weighted by molar-refractivity contribution is 0.166. The predicted molar refractivity (Wildman–Crippen MR) is 90.0 cm³/mol. The molecule has 2 unspecified atom stereocenters. The van der Waals surface area contributed by atoms with Gasteiger partial charge in [0, 0.05) is 23.9 Å². The Morgan fingerprint density at radius 2 is 2.00 bits per heavy atom. The van der Waals surface area contributed by atoms with Gasteiger partial charge < -0.3 is 15.7 Å². The topological polar surface area (TPSA) is 61.4 Å². The van der Waals surface area contributed by atoms with Crippen LogP contribution in [0.1, 0.15) is 29.9 Å². The highest BCUT2D eigenvalue weighted by Gasteiger charge is 2.10. The van der Waals surface area contributed by atoms with Crippen LogP contribution in [-0.4, -0.2) is 23.7 Å². The van der Waals surface area contributed by atoms with E-state index in [0.29, 0.717) is 13.0 Å². The standard InChI is InChI=1S/C17H22N2O2S/c1-13(12-15-8-5-11-22-15)19-17(21)18-10-9-16(20)14-6-3-2-4-7-14/h2-8,11,13,16,20H,9-10,12H2,1H3,(H2,18,19,21). The normalized spacial score (nSPS) is 13.4. The summed E-state index contributed by atoms with van der Waals surface area (Å²) in [6.07, 6.45) is 0.777. The molecule has 0 spiro atoms. The molecule has 0 radical (unpaired) electrons. The third kappa shape index (κ3) is 5.50.